The summed E-state index contributed by atoms with van der Waals surface area (Å²) in [6.45, 7) is 0.696. The number of para-hydroxylation sites is 1. The van der Waals surface area contributed by atoms with Gasteiger partial charge in [0, 0.05) is 18.7 Å². The van der Waals surface area contributed by atoms with Gasteiger partial charge < -0.3 is 9.74 Å². The van der Waals surface area contributed by atoms with Crippen LogP contribution in [0.15, 0.2) is 53.7 Å². The number of amides is 1. The number of anilines is 1. The molecule has 0 aliphatic carbocycles. The van der Waals surface area contributed by atoms with E-state index in [1.54, 1.807) is 17.0 Å². The third-order valence-electron chi connectivity index (χ3n) is 4.50. The van der Waals surface area contributed by atoms with Crippen molar-refractivity contribution in [3.8, 4) is 0 Å². The van der Waals surface area contributed by atoms with Gasteiger partial charge in [0.1, 0.15) is 5.82 Å². The van der Waals surface area contributed by atoms with E-state index in [1.807, 2.05) is 18.2 Å². The molecule has 2 heterocycles. The van der Waals surface area contributed by atoms with E-state index in [0.29, 0.717) is 18.7 Å². The van der Waals surface area contributed by atoms with Crippen LogP contribution in [0.5, 0.6) is 0 Å². The van der Waals surface area contributed by atoms with Crippen LogP contribution in [-0.2, 0) is 16.1 Å². The van der Waals surface area contributed by atoms with E-state index in [1.165, 1.54) is 17.7 Å². The van der Waals surface area contributed by atoms with Crippen molar-refractivity contribution in [1.82, 2.24) is 0 Å². The predicted octanol–water partition coefficient (Wildman–Crippen LogP) is 3.30. The summed E-state index contributed by atoms with van der Waals surface area (Å²) in [6.07, 6.45) is 1.73. The Bertz CT molecular complexity index is 801. The van der Waals surface area contributed by atoms with Crippen molar-refractivity contribution in [2.24, 2.45) is 5.16 Å². The molecular weight excluding hydrogens is 307 g/mol. The largest absolute Gasteiger partial charge is 0.382 e. The van der Waals surface area contributed by atoms with E-state index in [9.17, 15) is 9.18 Å². The number of rotatable bonds is 2. The molecule has 0 spiro atoms. The molecule has 122 valence electrons. The lowest BCUT2D eigenvalue weighted by Crippen LogP contribution is -2.42. The molecule has 2 aromatic carbocycles. The maximum Gasteiger partial charge on any atom is 0.271 e. The average Bonchev–Trinajstić information content (AvgIpc) is 3.11. The minimum Gasteiger partial charge on any atom is -0.382 e. The van der Waals surface area contributed by atoms with Gasteiger partial charge in [-0.2, -0.15) is 0 Å². The van der Waals surface area contributed by atoms with Crippen molar-refractivity contribution in [2.75, 3.05) is 11.4 Å². The first kappa shape index (κ1) is 14.9. The highest BCUT2D eigenvalue weighted by molar-refractivity contribution is 6.07. The Kier molecular flexibility index (Phi) is 3.76. The average molecular weight is 324 g/mol. The SMILES string of the molecule is O=C([C@H]1CC(c2ccc(F)cc2)=NO1)N1CCCc2ccccc21. The van der Waals surface area contributed by atoms with E-state index in [2.05, 4.69) is 11.2 Å². The Balaban J connectivity index is 1.50. The van der Waals surface area contributed by atoms with Gasteiger partial charge in [0.15, 0.2) is 0 Å². The second-order valence-electron chi connectivity index (χ2n) is 6.07. The Hall–Kier alpha value is -2.69. The molecule has 4 rings (SSSR count). The van der Waals surface area contributed by atoms with Gasteiger partial charge in [-0.3, -0.25) is 4.79 Å². The first-order valence-electron chi connectivity index (χ1n) is 8.10. The van der Waals surface area contributed by atoms with Crippen LogP contribution in [0, 0.1) is 5.82 Å². The van der Waals surface area contributed by atoms with Crippen LogP contribution in [0.3, 0.4) is 0 Å². The summed E-state index contributed by atoms with van der Waals surface area (Å²) < 4.78 is 13.0. The molecule has 0 unspecified atom stereocenters. The molecule has 24 heavy (non-hydrogen) atoms. The lowest BCUT2D eigenvalue weighted by molar-refractivity contribution is -0.128. The maximum absolute atomic E-state index is 13.0. The molecule has 5 heteroatoms. The molecule has 1 amide bonds. The Morgan fingerprint density at radius 3 is 2.79 bits per heavy atom. The number of nitrogens with zero attached hydrogens (tertiary/aromatic N) is 2. The Labute approximate surface area is 139 Å². The van der Waals surface area contributed by atoms with Crippen LogP contribution >= 0.6 is 0 Å². The molecule has 0 fully saturated rings. The number of benzene rings is 2. The molecule has 0 saturated heterocycles. The van der Waals surface area contributed by atoms with E-state index in [4.69, 9.17) is 4.84 Å². The summed E-state index contributed by atoms with van der Waals surface area (Å²) in [5.74, 6) is -0.362. The molecule has 0 N–H and O–H groups in total. The van der Waals surface area contributed by atoms with E-state index < -0.39 is 6.10 Å². The van der Waals surface area contributed by atoms with Gasteiger partial charge in [0.25, 0.3) is 5.91 Å². The van der Waals surface area contributed by atoms with Gasteiger partial charge in [0.05, 0.1) is 5.71 Å². The zero-order valence-electron chi connectivity index (χ0n) is 13.1. The number of halogens is 1. The molecule has 0 aromatic heterocycles. The molecule has 2 aromatic rings. The first-order chi connectivity index (χ1) is 11.7. The third-order valence-corrected chi connectivity index (χ3v) is 4.50. The number of hydrogen-bond acceptors (Lipinski definition) is 3. The Morgan fingerprint density at radius 2 is 1.96 bits per heavy atom. The topological polar surface area (TPSA) is 41.9 Å². The van der Waals surface area contributed by atoms with Crippen LogP contribution in [0.1, 0.15) is 24.0 Å². The van der Waals surface area contributed by atoms with E-state index >= 15 is 0 Å². The highest BCUT2D eigenvalue weighted by atomic mass is 19.1. The lowest BCUT2D eigenvalue weighted by Gasteiger charge is -2.30. The predicted molar refractivity (Wildman–Crippen MR) is 89.5 cm³/mol. The summed E-state index contributed by atoms with van der Waals surface area (Å²) in [5.41, 5.74) is 3.62. The summed E-state index contributed by atoms with van der Waals surface area (Å²) in [7, 11) is 0. The Morgan fingerprint density at radius 1 is 1.17 bits per heavy atom. The van der Waals surface area contributed by atoms with Crippen LogP contribution in [0.25, 0.3) is 0 Å². The molecule has 0 radical (unpaired) electrons. The molecule has 1 atom stereocenters. The van der Waals surface area contributed by atoms with Crippen molar-refractivity contribution in [3.63, 3.8) is 0 Å². The van der Waals surface area contributed by atoms with Crippen LogP contribution in [0.4, 0.5) is 10.1 Å². The van der Waals surface area contributed by atoms with Crippen molar-refractivity contribution < 1.29 is 14.0 Å². The molecule has 4 nitrogen and oxygen atoms in total. The van der Waals surface area contributed by atoms with Gasteiger partial charge in [-0.15, -0.1) is 0 Å². The lowest BCUT2D eigenvalue weighted by atomic mass is 10.00. The monoisotopic (exact) mass is 324 g/mol. The highest BCUT2D eigenvalue weighted by Crippen LogP contribution is 2.29. The standard InChI is InChI=1S/C19H17FN2O2/c20-15-9-7-13(8-10-15)16-12-18(24-21-16)19(23)22-11-3-5-14-4-1-2-6-17(14)22/h1-2,4,6-10,18H,3,5,11-12H2/t18-/m1/s1. The summed E-state index contributed by atoms with van der Waals surface area (Å²) in [4.78, 5) is 20.0. The number of fused-ring (bicyclic) bond motifs is 1. The summed E-state index contributed by atoms with van der Waals surface area (Å²) in [6, 6.07) is 14.0. The van der Waals surface area contributed by atoms with Gasteiger partial charge >= 0.3 is 0 Å². The van der Waals surface area contributed by atoms with Gasteiger partial charge in [0.2, 0.25) is 6.10 Å². The fraction of sp³-hybridized carbons (Fsp3) is 0.263. The quantitative estimate of drug-likeness (QED) is 0.850. The molecule has 2 aliphatic rings. The van der Waals surface area contributed by atoms with Crippen LogP contribution in [0.2, 0.25) is 0 Å². The van der Waals surface area contributed by atoms with Gasteiger partial charge in [-0.25, -0.2) is 4.39 Å². The number of hydrogen-bond donors (Lipinski definition) is 0. The van der Waals surface area contributed by atoms with Crippen LogP contribution in [-0.4, -0.2) is 24.3 Å². The van der Waals surface area contributed by atoms with Crippen molar-refractivity contribution in [1.29, 1.82) is 0 Å². The normalized spacial score (nSPS) is 19.5. The minimum atomic E-state index is -0.615. The van der Waals surface area contributed by atoms with E-state index in [0.717, 1.165) is 24.1 Å². The zero-order chi connectivity index (χ0) is 16.5. The maximum atomic E-state index is 13.0. The second-order valence-corrected chi connectivity index (χ2v) is 6.07. The molecular formula is C19H17FN2O2. The second kappa shape index (κ2) is 6.07. The van der Waals surface area contributed by atoms with Crippen molar-refractivity contribution in [3.05, 3.63) is 65.5 Å². The highest BCUT2D eigenvalue weighted by Gasteiger charge is 2.34. The summed E-state index contributed by atoms with van der Waals surface area (Å²) >= 11 is 0. The van der Waals surface area contributed by atoms with E-state index in [-0.39, 0.29) is 11.7 Å². The third kappa shape index (κ3) is 2.66. The molecule has 2 aliphatic heterocycles. The smallest absolute Gasteiger partial charge is 0.271 e. The fourth-order valence-electron chi connectivity index (χ4n) is 3.26. The van der Waals surface area contributed by atoms with Crippen LogP contribution < -0.4 is 4.90 Å². The van der Waals surface area contributed by atoms with Gasteiger partial charge in [-0.05, 0) is 42.2 Å². The van der Waals surface area contributed by atoms with Crippen molar-refractivity contribution in [2.45, 2.75) is 25.4 Å². The number of aryl methyl sites for hydroxylation is 1. The molecule has 0 bridgehead atoms. The minimum absolute atomic E-state index is 0.0667. The number of carbonyl (C=O) groups is 1. The summed E-state index contributed by atoms with van der Waals surface area (Å²) in [5, 5.41) is 4.04. The number of carbonyl (C=O) groups excluding carboxylic acids is 1. The zero-order valence-corrected chi connectivity index (χ0v) is 13.1. The number of oxime groups is 1. The first-order valence-corrected chi connectivity index (χ1v) is 8.10. The van der Waals surface area contributed by atoms with Gasteiger partial charge in [-0.1, -0.05) is 35.5 Å². The fourth-order valence-corrected chi connectivity index (χ4v) is 3.26. The van der Waals surface area contributed by atoms with Crippen molar-refractivity contribution >= 4 is 17.3 Å². The molecule has 0 saturated carbocycles.